The minimum absolute atomic E-state index is 0.0289. The number of rotatable bonds is 7. The van der Waals surface area contributed by atoms with Gasteiger partial charge >= 0.3 is 6.09 Å². The smallest absolute Gasteiger partial charge is 0.412 e. The van der Waals surface area contributed by atoms with Crippen LogP contribution < -0.4 is 20.7 Å². The van der Waals surface area contributed by atoms with Crippen LogP contribution in [-0.4, -0.2) is 80.2 Å². The van der Waals surface area contributed by atoms with Crippen molar-refractivity contribution in [2.45, 2.75) is 5.24 Å². The molecule has 2 amide bonds. The van der Waals surface area contributed by atoms with Crippen LogP contribution in [0.1, 0.15) is 10.4 Å². The second kappa shape index (κ2) is 9.63. The summed E-state index contributed by atoms with van der Waals surface area (Å²) in [6.45, 7) is 0. The molecule has 12 nitrogen and oxygen atoms in total. The lowest BCUT2D eigenvalue weighted by Gasteiger charge is -2.23. The van der Waals surface area contributed by atoms with E-state index in [1.165, 1.54) is 31.3 Å². The molecule has 0 aliphatic heterocycles. The number of carbonyl (C=O) groups excluding carboxylic acids is 2. The summed E-state index contributed by atoms with van der Waals surface area (Å²) in [5.41, 5.74) is 1.25. The highest BCUT2D eigenvalue weighted by Gasteiger charge is 2.21. The zero-order valence-corrected chi connectivity index (χ0v) is 18.0. The molecule has 3 rings (SSSR count). The van der Waals surface area contributed by atoms with Gasteiger partial charge in [0.2, 0.25) is 5.82 Å². The number of amides is 2. The number of hydrogen-bond acceptors (Lipinski definition) is 9. The van der Waals surface area contributed by atoms with Crippen LogP contribution in [0.25, 0.3) is 11.4 Å². The second-order valence-corrected chi connectivity index (χ2v) is 6.73. The molecular formula is C18H17B3N8O4. The molecular weight excluding hydrogens is 425 g/mol. The maximum Gasteiger partial charge on any atom is 0.412 e. The Kier molecular flexibility index (Phi) is 6.90. The average molecular weight is 442 g/mol. The fourth-order valence-electron chi connectivity index (χ4n) is 2.80. The van der Waals surface area contributed by atoms with Gasteiger partial charge in [-0.3, -0.25) is 10.1 Å². The van der Waals surface area contributed by atoms with E-state index < -0.39 is 17.2 Å². The zero-order chi connectivity index (χ0) is 24.2. The first-order valence-corrected chi connectivity index (χ1v) is 9.34. The molecule has 0 fully saturated rings. The molecule has 2 heterocycles. The number of hydrogen-bond donors (Lipinski definition) is 3. The second-order valence-electron chi connectivity index (χ2n) is 6.73. The number of nitrogens with zero attached hydrogens (tertiary/aromatic N) is 5. The monoisotopic (exact) mass is 442 g/mol. The van der Waals surface area contributed by atoms with Gasteiger partial charge in [0.15, 0.2) is 5.75 Å². The molecule has 0 atom stereocenters. The number of ether oxygens (including phenoxy) is 2. The first-order valence-electron chi connectivity index (χ1n) is 9.34. The van der Waals surface area contributed by atoms with Crippen LogP contribution in [0.5, 0.6) is 5.75 Å². The molecule has 33 heavy (non-hydrogen) atoms. The number of tetrazole rings is 1. The summed E-state index contributed by atoms with van der Waals surface area (Å²) in [5.74, 6) is 0.0962. The van der Waals surface area contributed by atoms with E-state index in [4.69, 9.17) is 28.3 Å². The number of aryl methyl sites for hydroxylation is 1. The van der Waals surface area contributed by atoms with Gasteiger partial charge < -0.3 is 20.1 Å². The Bertz CT molecular complexity index is 1180. The predicted molar refractivity (Wildman–Crippen MR) is 122 cm³/mol. The van der Waals surface area contributed by atoms with Crippen LogP contribution >= 0.6 is 0 Å². The summed E-state index contributed by atoms with van der Waals surface area (Å²) in [5, 5.41) is 17.8. The minimum Gasteiger partial charge on any atom is -0.494 e. The number of nitrogens with one attached hydrogen (secondary N) is 3. The first-order chi connectivity index (χ1) is 15.6. The first kappa shape index (κ1) is 23.6. The van der Waals surface area contributed by atoms with E-state index in [-0.39, 0.29) is 17.1 Å². The third-order valence-corrected chi connectivity index (χ3v) is 4.13. The van der Waals surface area contributed by atoms with Crippen LogP contribution in [0.4, 0.5) is 22.0 Å². The standard InChI is InChI=1S/C18H17B3N8O4/c1-29-27-15(26-28-29)9-5-4-6-11(14(9)32-2)23-12-7-13(24-17(31)33-3)22-8-10(12)16(30)25-18(19,20)21/h4-8H,1-3H3,(H,25,30)(H2,22,23,24,31). The van der Waals surface area contributed by atoms with Crippen molar-refractivity contribution in [3.05, 3.63) is 36.0 Å². The molecule has 0 saturated heterocycles. The summed E-state index contributed by atoms with van der Waals surface area (Å²) < 4.78 is 10.1. The van der Waals surface area contributed by atoms with Gasteiger partial charge in [-0.2, -0.15) is 4.80 Å². The molecule has 0 aliphatic rings. The summed E-state index contributed by atoms with van der Waals surface area (Å²) in [7, 11) is 20.8. The van der Waals surface area contributed by atoms with Gasteiger partial charge in [-0.15, -0.1) is 10.2 Å². The van der Waals surface area contributed by atoms with Crippen molar-refractivity contribution in [3.8, 4) is 17.1 Å². The third kappa shape index (κ3) is 5.81. The van der Waals surface area contributed by atoms with Crippen molar-refractivity contribution in [1.82, 2.24) is 30.5 Å². The zero-order valence-electron chi connectivity index (χ0n) is 18.0. The Labute approximate surface area is 193 Å². The van der Waals surface area contributed by atoms with Gasteiger partial charge in [0.25, 0.3) is 5.91 Å². The summed E-state index contributed by atoms with van der Waals surface area (Å²) in [4.78, 5) is 29.6. The molecule has 15 heteroatoms. The van der Waals surface area contributed by atoms with Gasteiger partial charge in [-0.05, 0) is 17.3 Å². The molecule has 0 unspecified atom stereocenters. The lowest BCUT2D eigenvalue weighted by molar-refractivity contribution is 0.0953. The summed E-state index contributed by atoms with van der Waals surface area (Å²) >= 11 is 0. The van der Waals surface area contributed by atoms with Crippen LogP contribution in [0.3, 0.4) is 0 Å². The Morgan fingerprint density at radius 1 is 1.15 bits per heavy atom. The van der Waals surface area contributed by atoms with Gasteiger partial charge in [-0.25, -0.2) is 9.78 Å². The molecule has 6 radical (unpaired) electrons. The highest BCUT2D eigenvalue weighted by molar-refractivity contribution is 6.60. The fraction of sp³-hybridized carbons (Fsp3) is 0.222. The molecule has 0 aliphatic carbocycles. The Balaban J connectivity index is 2.06. The van der Waals surface area contributed by atoms with E-state index in [0.717, 1.165) is 0 Å². The molecule has 0 saturated carbocycles. The van der Waals surface area contributed by atoms with E-state index in [9.17, 15) is 9.59 Å². The van der Waals surface area contributed by atoms with E-state index in [1.54, 1.807) is 25.2 Å². The summed E-state index contributed by atoms with van der Waals surface area (Å²) in [6, 6.07) is 6.59. The van der Waals surface area contributed by atoms with E-state index >= 15 is 0 Å². The SMILES string of the molecule is [B]C([B])([B])NC(=O)c1cnc(NC(=O)OC)cc1Nc1cccc(-c2nnn(C)n2)c1OC. The fourth-order valence-corrected chi connectivity index (χ4v) is 2.80. The van der Waals surface area contributed by atoms with Crippen molar-refractivity contribution in [3.63, 3.8) is 0 Å². The Hall–Kier alpha value is -4.03. The van der Waals surface area contributed by atoms with Crippen molar-refractivity contribution in [1.29, 1.82) is 0 Å². The predicted octanol–water partition coefficient (Wildman–Crippen LogP) is 0.0492. The molecule has 1 aromatic carbocycles. The normalized spacial score (nSPS) is 10.9. The van der Waals surface area contributed by atoms with Gasteiger partial charge in [-0.1, -0.05) is 11.3 Å². The van der Waals surface area contributed by atoms with E-state index in [2.05, 4.69) is 41.1 Å². The van der Waals surface area contributed by atoms with Gasteiger partial charge in [0.05, 0.1) is 67.3 Å². The quantitative estimate of drug-likeness (QED) is 0.433. The Morgan fingerprint density at radius 2 is 1.91 bits per heavy atom. The van der Waals surface area contributed by atoms with Crippen molar-refractivity contribution < 1.29 is 19.1 Å². The van der Waals surface area contributed by atoms with E-state index in [0.29, 0.717) is 22.8 Å². The molecule has 0 spiro atoms. The number of methoxy groups -OCH3 is 2. The lowest BCUT2D eigenvalue weighted by Crippen LogP contribution is -2.50. The number of para-hydroxylation sites is 1. The highest BCUT2D eigenvalue weighted by Crippen LogP contribution is 2.37. The Morgan fingerprint density at radius 3 is 2.52 bits per heavy atom. The highest BCUT2D eigenvalue weighted by atomic mass is 16.5. The lowest BCUT2D eigenvalue weighted by atomic mass is 9.49. The number of aromatic nitrogens is 5. The van der Waals surface area contributed by atoms with Crippen molar-refractivity contribution >= 4 is 52.7 Å². The van der Waals surface area contributed by atoms with Crippen LogP contribution in [0.2, 0.25) is 0 Å². The molecule has 3 N–H and O–H groups in total. The van der Waals surface area contributed by atoms with Crippen molar-refractivity contribution in [2.75, 3.05) is 24.9 Å². The minimum atomic E-state index is -1.97. The topological polar surface area (TPSA) is 145 Å². The molecule has 2 aromatic heterocycles. The van der Waals surface area contributed by atoms with Gasteiger partial charge in [0.1, 0.15) is 5.82 Å². The summed E-state index contributed by atoms with van der Waals surface area (Å²) in [6.07, 6.45) is 0.457. The number of carbonyl (C=O) groups is 2. The third-order valence-electron chi connectivity index (χ3n) is 4.13. The molecule has 0 bridgehead atoms. The van der Waals surface area contributed by atoms with Crippen molar-refractivity contribution in [2.24, 2.45) is 7.05 Å². The van der Waals surface area contributed by atoms with E-state index in [1.807, 2.05) is 0 Å². The molecule has 3 aromatic rings. The largest absolute Gasteiger partial charge is 0.494 e. The number of pyridine rings is 1. The maximum atomic E-state index is 12.7. The number of anilines is 3. The van der Waals surface area contributed by atoms with Gasteiger partial charge in [0, 0.05) is 12.3 Å². The van der Waals surface area contributed by atoms with Crippen LogP contribution in [0, 0.1) is 0 Å². The van der Waals surface area contributed by atoms with Crippen LogP contribution in [0.15, 0.2) is 30.5 Å². The average Bonchev–Trinajstić information content (AvgIpc) is 3.18. The maximum absolute atomic E-state index is 12.7. The van der Waals surface area contributed by atoms with Crippen LogP contribution in [-0.2, 0) is 11.8 Å². The molecule has 162 valence electrons. The number of benzene rings is 1.